The molecule has 2 heteroatoms. The molecular formula is C9H6NO-. The van der Waals surface area contributed by atoms with Crippen LogP contribution in [0.2, 0.25) is 0 Å². The number of hydrogen-bond donors (Lipinski definition) is 0. The highest BCUT2D eigenvalue weighted by Gasteiger charge is 1.84. The van der Waals surface area contributed by atoms with E-state index in [9.17, 15) is 5.11 Å². The number of hydrogen-bond acceptors (Lipinski definition) is 1. The predicted molar refractivity (Wildman–Crippen MR) is 41.0 cm³/mol. The lowest BCUT2D eigenvalue weighted by Crippen LogP contribution is -2.00. The zero-order chi connectivity index (χ0) is 8.10. The average molecular weight is 144 g/mol. The summed E-state index contributed by atoms with van der Waals surface area (Å²) in [4.78, 5) is 2.89. The SMILES string of the molecule is [C-]#[N+]C=C([O-])c1ccccc1. The standard InChI is InChI=1S/C9H7NO/c1-10-7-9(11)8-5-3-2-4-6-8/h2-7,11H/p-1. The van der Waals surface area contributed by atoms with Crippen LogP contribution in [0.3, 0.4) is 0 Å². The van der Waals surface area contributed by atoms with Gasteiger partial charge in [0.1, 0.15) is 6.20 Å². The third-order valence-corrected chi connectivity index (χ3v) is 1.24. The van der Waals surface area contributed by atoms with Crippen LogP contribution in [0.5, 0.6) is 0 Å². The Morgan fingerprint density at radius 2 is 2.00 bits per heavy atom. The molecule has 0 aromatic heterocycles. The van der Waals surface area contributed by atoms with E-state index in [0.29, 0.717) is 5.56 Å². The minimum absolute atomic E-state index is 0.236. The highest BCUT2D eigenvalue weighted by atomic mass is 16.3. The van der Waals surface area contributed by atoms with Crippen LogP contribution in [-0.2, 0) is 0 Å². The molecule has 0 bridgehead atoms. The molecule has 0 N–H and O–H groups in total. The van der Waals surface area contributed by atoms with Crippen molar-refractivity contribution in [1.82, 2.24) is 0 Å². The van der Waals surface area contributed by atoms with Gasteiger partial charge in [0, 0.05) is 0 Å². The van der Waals surface area contributed by atoms with Gasteiger partial charge in [-0.1, -0.05) is 30.3 Å². The second kappa shape index (κ2) is 3.43. The summed E-state index contributed by atoms with van der Waals surface area (Å²) in [7, 11) is 0. The van der Waals surface area contributed by atoms with Crippen molar-refractivity contribution in [2.24, 2.45) is 0 Å². The summed E-state index contributed by atoms with van der Waals surface area (Å²) >= 11 is 0. The molecule has 0 aliphatic carbocycles. The number of rotatable bonds is 1. The highest BCUT2D eigenvalue weighted by molar-refractivity contribution is 5.57. The van der Waals surface area contributed by atoms with E-state index in [1.165, 1.54) is 0 Å². The summed E-state index contributed by atoms with van der Waals surface area (Å²) < 4.78 is 0. The smallest absolute Gasteiger partial charge is 0.146 e. The van der Waals surface area contributed by atoms with Crippen LogP contribution in [0.25, 0.3) is 10.6 Å². The Labute approximate surface area is 65.2 Å². The molecule has 0 atom stereocenters. The Bertz CT molecular complexity index is 295. The Kier molecular flexibility index (Phi) is 2.29. The monoisotopic (exact) mass is 144 g/mol. The molecule has 0 amide bonds. The van der Waals surface area contributed by atoms with Crippen LogP contribution < -0.4 is 5.11 Å². The number of nitrogens with zero attached hydrogens (tertiary/aromatic N) is 1. The van der Waals surface area contributed by atoms with Gasteiger partial charge >= 0.3 is 0 Å². The molecule has 0 spiro atoms. The van der Waals surface area contributed by atoms with Crippen LogP contribution in [0.15, 0.2) is 36.5 Å². The largest absolute Gasteiger partial charge is 0.881 e. The summed E-state index contributed by atoms with van der Waals surface area (Å²) in [5, 5.41) is 11.0. The molecule has 2 nitrogen and oxygen atoms in total. The summed E-state index contributed by atoms with van der Waals surface area (Å²) in [6, 6.07) is 8.73. The van der Waals surface area contributed by atoms with Crippen molar-refractivity contribution in [3.63, 3.8) is 0 Å². The fraction of sp³-hybridized carbons (Fsp3) is 0. The van der Waals surface area contributed by atoms with Crippen molar-refractivity contribution in [2.75, 3.05) is 0 Å². The van der Waals surface area contributed by atoms with E-state index < -0.39 is 0 Å². The summed E-state index contributed by atoms with van der Waals surface area (Å²) in [5.41, 5.74) is 0.559. The zero-order valence-electron chi connectivity index (χ0n) is 5.82. The van der Waals surface area contributed by atoms with E-state index in [1.54, 1.807) is 24.3 Å². The first kappa shape index (κ1) is 7.36. The second-order valence-electron chi connectivity index (χ2n) is 1.99. The van der Waals surface area contributed by atoms with E-state index in [4.69, 9.17) is 6.57 Å². The molecule has 11 heavy (non-hydrogen) atoms. The van der Waals surface area contributed by atoms with Crippen LogP contribution >= 0.6 is 0 Å². The van der Waals surface area contributed by atoms with Gasteiger partial charge in [0.15, 0.2) is 0 Å². The Balaban J connectivity index is 2.96. The molecule has 0 radical (unpaired) electrons. The normalized spacial score (nSPS) is 10.6. The van der Waals surface area contributed by atoms with Crippen molar-refractivity contribution in [3.05, 3.63) is 53.5 Å². The summed E-state index contributed by atoms with van der Waals surface area (Å²) in [6.45, 7) is 6.43. The summed E-state index contributed by atoms with van der Waals surface area (Å²) in [5.74, 6) is -0.236. The van der Waals surface area contributed by atoms with Gasteiger partial charge < -0.3 is 5.11 Å². The highest BCUT2D eigenvalue weighted by Crippen LogP contribution is 2.06. The third kappa shape index (κ3) is 1.84. The van der Waals surface area contributed by atoms with Crippen LogP contribution in [0, 0.1) is 6.57 Å². The van der Waals surface area contributed by atoms with Crippen molar-refractivity contribution < 1.29 is 5.11 Å². The third-order valence-electron chi connectivity index (χ3n) is 1.24. The Morgan fingerprint density at radius 1 is 1.36 bits per heavy atom. The lowest BCUT2D eigenvalue weighted by Gasteiger charge is -2.09. The molecule has 1 aromatic carbocycles. The fourth-order valence-electron chi connectivity index (χ4n) is 0.736. The Hall–Kier alpha value is -1.75. The van der Waals surface area contributed by atoms with Gasteiger partial charge in [-0.05, 0) is 5.56 Å². The molecule has 0 aliphatic rings. The predicted octanol–water partition coefficient (Wildman–Crippen LogP) is 1.26. The van der Waals surface area contributed by atoms with Crippen molar-refractivity contribution in [1.29, 1.82) is 0 Å². The maximum absolute atomic E-state index is 11.0. The molecule has 54 valence electrons. The summed E-state index contributed by atoms with van der Waals surface area (Å²) in [6.07, 6.45) is 0.981. The fourth-order valence-corrected chi connectivity index (χ4v) is 0.736. The van der Waals surface area contributed by atoms with Gasteiger partial charge in [-0.25, -0.2) is 4.85 Å². The minimum Gasteiger partial charge on any atom is -0.881 e. The molecular weight excluding hydrogens is 138 g/mol. The molecule has 0 aliphatic heterocycles. The van der Waals surface area contributed by atoms with Crippen LogP contribution in [0.1, 0.15) is 5.56 Å². The Morgan fingerprint density at radius 3 is 2.55 bits per heavy atom. The maximum Gasteiger partial charge on any atom is 0.146 e. The van der Waals surface area contributed by atoms with Crippen molar-refractivity contribution >= 4 is 5.76 Å². The van der Waals surface area contributed by atoms with E-state index in [1.807, 2.05) is 6.07 Å². The van der Waals surface area contributed by atoms with Crippen molar-refractivity contribution in [2.45, 2.75) is 0 Å². The van der Waals surface area contributed by atoms with Gasteiger partial charge in [0.2, 0.25) is 0 Å². The first-order chi connectivity index (χ1) is 5.34. The average Bonchev–Trinajstić information content (AvgIpc) is 2.07. The second-order valence-corrected chi connectivity index (χ2v) is 1.99. The van der Waals surface area contributed by atoms with Gasteiger partial charge in [0.05, 0.1) is 6.57 Å². The first-order valence-electron chi connectivity index (χ1n) is 3.14. The van der Waals surface area contributed by atoms with E-state index in [0.717, 1.165) is 6.20 Å². The first-order valence-corrected chi connectivity index (χ1v) is 3.14. The van der Waals surface area contributed by atoms with E-state index in [-0.39, 0.29) is 5.76 Å². The molecule has 1 aromatic rings. The van der Waals surface area contributed by atoms with Gasteiger partial charge in [-0.2, -0.15) is 0 Å². The van der Waals surface area contributed by atoms with Gasteiger partial charge in [0.25, 0.3) is 0 Å². The molecule has 0 fully saturated rings. The van der Waals surface area contributed by atoms with Gasteiger partial charge in [-0.3, -0.25) is 0 Å². The van der Waals surface area contributed by atoms with E-state index in [2.05, 4.69) is 4.85 Å². The molecule has 0 unspecified atom stereocenters. The zero-order valence-corrected chi connectivity index (χ0v) is 5.82. The molecule has 0 heterocycles. The lowest BCUT2D eigenvalue weighted by molar-refractivity contribution is -0.243. The van der Waals surface area contributed by atoms with Crippen molar-refractivity contribution in [3.8, 4) is 0 Å². The van der Waals surface area contributed by atoms with Crippen LogP contribution in [-0.4, -0.2) is 0 Å². The molecule has 0 saturated carbocycles. The molecule has 0 saturated heterocycles. The number of benzene rings is 1. The lowest BCUT2D eigenvalue weighted by atomic mass is 10.2. The maximum atomic E-state index is 11.0. The topological polar surface area (TPSA) is 27.4 Å². The quantitative estimate of drug-likeness (QED) is 0.430. The van der Waals surface area contributed by atoms with Crippen LogP contribution in [0.4, 0.5) is 0 Å². The molecule has 1 rings (SSSR count). The minimum atomic E-state index is -0.236. The van der Waals surface area contributed by atoms with Gasteiger partial charge in [-0.15, -0.1) is 5.76 Å². The van der Waals surface area contributed by atoms with E-state index >= 15 is 0 Å².